The van der Waals surface area contributed by atoms with E-state index in [2.05, 4.69) is 10.3 Å². The van der Waals surface area contributed by atoms with E-state index >= 15 is 0 Å². The number of fused-ring (bicyclic) bond motifs is 1. The quantitative estimate of drug-likeness (QED) is 0.877. The molecule has 0 fully saturated rings. The molecule has 0 saturated heterocycles. The summed E-state index contributed by atoms with van der Waals surface area (Å²) in [7, 11) is 0. The van der Waals surface area contributed by atoms with E-state index in [9.17, 15) is 9.59 Å². The maximum atomic E-state index is 11.2. The zero-order valence-electron chi connectivity index (χ0n) is 10.5. The van der Waals surface area contributed by atoms with E-state index < -0.39 is 12.0 Å². The topological polar surface area (TPSA) is 79.3 Å². The molecule has 2 aromatic rings. The second-order valence-electron chi connectivity index (χ2n) is 4.27. The first kappa shape index (κ1) is 13.0. The Labute approximate surface area is 110 Å². The molecule has 1 aromatic heterocycles. The van der Waals surface area contributed by atoms with Gasteiger partial charge in [0, 0.05) is 24.1 Å². The highest BCUT2D eigenvalue weighted by Gasteiger charge is 2.19. The Hall–Kier alpha value is -2.43. The minimum absolute atomic E-state index is 0.171. The van der Waals surface area contributed by atoms with Crippen LogP contribution >= 0.6 is 0 Å². The van der Waals surface area contributed by atoms with Crippen LogP contribution in [0.25, 0.3) is 10.9 Å². The summed E-state index contributed by atoms with van der Waals surface area (Å²) in [6.07, 6.45) is 1.48. The molecule has 5 nitrogen and oxygen atoms in total. The molecule has 19 heavy (non-hydrogen) atoms. The van der Waals surface area contributed by atoms with Gasteiger partial charge in [-0.05, 0) is 6.07 Å². The lowest BCUT2D eigenvalue weighted by molar-refractivity contribution is -0.137. The van der Waals surface area contributed by atoms with Gasteiger partial charge < -0.3 is 10.4 Å². The third kappa shape index (κ3) is 3.07. The molecule has 2 N–H and O–H groups in total. The summed E-state index contributed by atoms with van der Waals surface area (Å²) in [4.78, 5) is 26.4. The van der Waals surface area contributed by atoms with Crippen LogP contribution in [0.5, 0.6) is 0 Å². The average molecular weight is 258 g/mol. The number of benzene rings is 1. The molecular formula is C14H14N2O3. The van der Waals surface area contributed by atoms with Crippen molar-refractivity contribution in [3.63, 3.8) is 0 Å². The van der Waals surface area contributed by atoms with Crippen LogP contribution in [0.3, 0.4) is 0 Å². The van der Waals surface area contributed by atoms with Crippen molar-refractivity contribution >= 4 is 22.8 Å². The fraction of sp³-hybridized carbons (Fsp3) is 0.214. The molecular weight excluding hydrogens is 244 g/mol. The minimum Gasteiger partial charge on any atom is -0.481 e. The van der Waals surface area contributed by atoms with Crippen LogP contribution in [0, 0.1) is 0 Å². The molecule has 1 heterocycles. The lowest BCUT2D eigenvalue weighted by Gasteiger charge is -2.17. The smallest absolute Gasteiger partial charge is 0.305 e. The van der Waals surface area contributed by atoms with E-state index in [1.165, 1.54) is 6.92 Å². The summed E-state index contributed by atoms with van der Waals surface area (Å²) in [5.74, 6) is -1.23. The van der Waals surface area contributed by atoms with Crippen LogP contribution in [0.4, 0.5) is 0 Å². The molecule has 1 atom stereocenters. The van der Waals surface area contributed by atoms with Gasteiger partial charge in [0.25, 0.3) is 0 Å². The van der Waals surface area contributed by atoms with Crippen LogP contribution in [0.1, 0.15) is 24.9 Å². The number of amides is 1. The number of nitrogens with zero attached hydrogens (tertiary/aromatic N) is 1. The van der Waals surface area contributed by atoms with Crippen LogP contribution in [0.15, 0.2) is 36.5 Å². The number of carboxylic acid groups (broad SMARTS) is 1. The third-order valence-electron chi connectivity index (χ3n) is 2.80. The molecule has 98 valence electrons. The Bertz CT molecular complexity index is 604. The van der Waals surface area contributed by atoms with E-state index in [-0.39, 0.29) is 12.3 Å². The van der Waals surface area contributed by atoms with Crippen molar-refractivity contribution in [2.24, 2.45) is 0 Å². The summed E-state index contributed by atoms with van der Waals surface area (Å²) < 4.78 is 0. The molecule has 0 radical (unpaired) electrons. The Morgan fingerprint density at radius 3 is 2.74 bits per heavy atom. The number of carbonyl (C=O) groups excluding carboxylic acids is 1. The standard InChI is InChI=1S/C14H14N2O3/c1-9(17)16-12(8-13(18)19)11-6-2-4-10-5-3-7-15-14(10)11/h2-7,12H,8H2,1H3,(H,16,17)(H,18,19)/t12-/m1/s1. The molecule has 0 spiro atoms. The second kappa shape index (κ2) is 5.48. The van der Waals surface area contributed by atoms with Gasteiger partial charge in [-0.15, -0.1) is 0 Å². The van der Waals surface area contributed by atoms with Gasteiger partial charge in [-0.2, -0.15) is 0 Å². The molecule has 1 aromatic carbocycles. The first-order valence-electron chi connectivity index (χ1n) is 5.90. The van der Waals surface area contributed by atoms with E-state index in [1.54, 1.807) is 12.3 Å². The fourth-order valence-electron chi connectivity index (χ4n) is 2.07. The van der Waals surface area contributed by atoms with Gasteiger partial charge in [0.2, 0.25) is 5.91 Å². The molecule has 5 heteroatoms. The molecule has 2 rings (SSSR count). The highest BCUT2D eigenvalue weighted by molar-refractivity contribution is 5.84. The van der Waals surface area contributed by atoms with E-state index in [0.29, 0.717) is 5.52 Å². The molecule has 0 bridgehead atoms. The van der Waals surface area contributed by atoms with Crippen molar-refractivity contribution in [3.8, 4) is 0 Å². The van der Waals surface area contributed by atoms with Crippen molar-refractivity contribution < 1.29 is 14.7 Å². The summed E-state index contributed by atoms with van der Waals surface area (Å²) in [5.41, 5.74) is 1.43. The van der Waals surface area contributed by atoms with Gasteiger partial charge in [-0.1, -0.05) is 24.3 Å². The summed E-state index contributed by atoms with van der Waals surface area (Å²) in [5, 5.41) is 12.5. The van der Waals surface area contributed by atoms with Crippen molar-refractivity contribution in [3.05, 3.63) is 42.1 Å². The monoisotopic (exact) mass is 258 g/mol. The average Bonchev–Trinajstić information content (AvgIpc) is 2.36. The number of carbonyl (C=O) groups is 2. The maximum absolute atomic E-state index is 11.2. The van der Waals surface area contributed by atoms with Crippen molar-refractivity contribution in [1.29, 1.82) is 0 Å². The number of carboxylic acids is 1. The third-order valence-corrected chi connectivity index (χ3v) is 2.80. The van der Waals surface area contributed by atoms with E-state index in [1.807, 2.05) is 24.3 Å². The van der Waals surface area contributed by atoms with Crippen molar-refractivity contribution in [2.45, 2.75) is 19.4 Å². The van der Waals surface area contributed by atoms with Crippen LogP contribution in [-0.2, 0) is 9.59 Å². The number of para-hydroxylation sites is 1. The van der Waals surface area contributed by atoms with Gasteiger partial charge in [-0.3, -0.25) is 14.6 Å². The fourth-order valence-corrected chi connectivity index (χ4v) is 2.07. The lowest BCUT2D eigenvalue weighted by Crippen LogP contribution is -2.28. The van der Waals surface area contributed by atoms with Gasteiger partial charge in [0.15, 0.2) is 0 Å². The summed E-state index contributed by atoms with van der Waals surface area (Å²) in [6.45, 7) is 1.37. The molecule has 0 unspecified atom stereocenters. The van der Waals surface area contributed by atoms with Crippen molar-refractivity contribution in [1.82, 2.24) is 10.3 Å². The van der Waals surface area contributed by atoms with Crippen LogP contribution in [0.2, 0.25) is 0 Å². The number of pyridine rings is 1. The summed E-state index contributed by atoms with van der Waals surface area (Å²) >= 11 is 0. The molecule has 0 saturated carbocycles. The van der Waals surface area contributed by atoms with Crippen LogP contribution < -0.4 is 5.32 Å². The van der Waals surface area contributed by atoms with Crippen molar-refractivity contribution in [2.75, 3.05) is 0 Å². The number of aliphatic carboxylic acids is 1. The largest absolute Gasteiger partial charge is 0.481 e. The Morgan fingerprint density at radius 2 is 2.05 bits per heavy atom. The second-order valence-corrected chi connectivity index (χ2v) is 4.27. The number of rotatable bonds is 4. The van der Waals surface area contributed by atoms with Gasteiger partial charge in [0.1, 0.15) is 0 Å². The predicted molar refractivity (Wildman–Crippen MR) is 70.6 cm³/mol. The first-order valence-corrected chi connectivity index (χ1v) is 5.90. The minimum atomic E-state index is -0.966. The maximum Gasteiger partial charge on any atom is 0.305 e. The SMILES string of the molecule is CC(=O)N[C@H](CC(=O)O)c1cccc2cccnc12. The molecule has 0 aliphatic rings. The number of hydrogen-bond acceptors (Lipinski definition) is 3. The zero-order chi connectivity index (χ0) is 13.8. The first-order chi connectivity index (χ1) is 9.08. The molecule has 1 amide bonds. The Kier molecular flexibility index (Phi) is 3.75. The summed E-state index contributed by atoms with van der Waals surface area (Å²) in [6, 6.07) is 8.66. The number of aromatic nitrogens is 1. The molecule has 0 aliphatic carbocycles. The zero-order valence-corrected chi connectivity index (χ0v) is 10.5. The van der Waals surface area contributed by atoms with E-state index in [0.717, 1.165) is 10.9 Å². The predicted octanol–water partition coefficient (Wildman–Crippen LogP) is 1.89. The number of nitrogens with one attached hydrogen (secondary N) is 1. The van der Waals surface area contributed by atoms with E-state index in [4.69, 9.17) is 5.11 Å². The number of hydrogen-bond donors (Lipinski definition) is 2. The van der Waals surface area contributed by atoms with Gasteiger partial charge in [-0.25, -0.2) is 0 Å². The Balaban J connectivity index is 2.48. The molecule has 0 aliphatic heterocycles. The Morgan fingerprint density at radius 1 is 1.32 bits per heavy atom. The van der Waals surface area contributed by atoms with Crippen LogP contribution in [-0.4, -0.2) is 22.0 Å². The van der Waals surface area contributed by atoms with Gasteiger partial charge >= 0.3 is 5.97 Å². The lowest BCUT2D eigenvalue weighted by atomic mass is 10.00. The normalized spacial score (nSPS) is 12.1. The highest BCUT2D eigenvalue weighted by atomic mass is 16.4. The van der Waals surface area contributed by atoms with Gasteiger partial charge in [0.05, 0.1) is 18.0 Å². The highest BCUT2D eigenvalue weighted by Crippen LogP contribution is 2.24.